The molecule has 6 nitrogen and oxygen atoms in total. The van der Waals surface area contributed by atoms with Gasteiger partial charge in [0.1, 0.15) is 7.14 Å². The molecular weight excluding hydrogens is 765 g/mol. The Hall–Kier alpha value is -4.20. The van der Waals surface area contributed by atoms with Gasteiger partial charge in [-0.05, 0) is 109 Å². The zero-order valence-electron chi connectivity index (χ0n) is 35.9. The van der Waals surface area contributed by atoms with Crippen LogP contribution in [0.5, 0.6) is 0 Å². The van der Waals surface area contributed by atoms with Crippen molar-refractivity contribution in [3.8, 4) is 0 Å². The van der Waals surface area contributed by atoms with Gasteiger partial charge in [-0.15, -0.1) is 0 Å². The Labute approximate surface area is 341 Å². The van der Waals surface area contributed by atoms with E-state index in [1.165, 1.54) is 13.3 Å². The fraction of sp³-hybridized carbons (Fsp3) is 0.312. The highest BCUT2D eigenvalue weighted by molar-refractivity contribution is 7.93. The minimum absolute atomic E-state index is 0.141. The minimum atomic E-state index is -3.44. The van der Waals surface area contributed by atoms with Gasteiger partial charge in [0.05, 0.1) is 0 Å². The Morgan fingerprint density at radius 2 is 0.684 bits per heavy atom. The fourth-order valence-corrected chi connectivity index (χ4v) is 12.6. The summed E-state index contributed by atoms with van der Waals surface area (Å²) in [7, 11) is -8.83. The lowest BCUT2D eigenvalue weighted by Gasteiger charge is -2.20. The molecule has 0 unspecified atom stereocenters. The maximum Gasteiger partial charge on any atom is 0.230 e. The van der Waals surface area contributed by atoms with E-state index in [9.17, 15) is 28.1 Å². The molecule has 0 saturated carbocycles. The number of hydrogen-bond donors (Lipinski definition) is 0. The van der Waals surface area contributed by atoms with Gasteiger partial charge in [0.2, 0.25) is 23.7 Å². The van der Waals surface area contributed by atoms with Crippen LogP contribution in [0.15, 0.2) is 97.1 Å². The molecule has 9 heteroatoms. The van der Waals surface area contributed by atoms with Crippen LogP contribution in [-0.2, 0) is 13.7 Å². The molecule has 0 aliphatic heterocycles. The molecule has 0 N–H and O–H groups in total. The maximum absolute atomic E-state index is 14.2. The SMILES string of the molecule is CCP(=O)(CC)C(=O)c1c(C)cc(C)cc1C.Cc1cc(C)c(C(=O)P(=O)(c2ccccc2)c2ccccc2)c(C)c1.Cc1cc(C)c(C(=O)P(C)(C)=O)c(C)c1. The molecule has 57 heavy (non-hydrogen) atoms. The second kappa shape index (κ2) is 19.5. The Morgan fingerprint density at radius 3 is 0.947 bits per heavy atom. The summed E-state index contributed by atoms with van der Waals surface area (Å²) in [5.74, 6) is 0. The molecule has 0 radical (unpaired) electrons. The molecule has 0 amide bonds. The van der Waals surface area contributed by atoms with Crippen LogP contribution in [0.1, 0.15) is 95.0 Å². The lowest BCUT2D eigenvalue weighted by Crippen LogP contribution is -2.23. The highest BCUT2D eigenvalue weighted by atomic mass is 31.2. The van der Waals surface area contributed by atoms with Gasteiger partial charge in [-0.3, -0.25) is 14.4 Å². The van der Waals surface area contributed by atoms with Crippen LogP contribution < -0.4 is 10.6 Å². The van der Waals surface area contributed by atoms with Crippen molar-refractivity contribution in [2.24, 2.45) is 0 Å². The van der Waals surface area contributed by atoms with Gasteiger partial charge in [0, 0.05) is 39.6 Å². The van der Waals surface area contributed by atoms with E-state index < -0.39 is 21.4 Å². The molecule has 0 saturated heterocycles. The lowest BCUT2D eigenvalue weighted by molar-refractivity contribution is 0.106. The molecule has 0 aliphatic rings. The summed E-state index contributed by atoms with van der Waals surface area (Å²) in [6, 6.07) is 30.0. The van der Waals surface area contributed by atoms with Gasteiger partial charge in [-0.1, -0.05) is 128 Å². The Kier molecular flexibility index (Phi) is 16.1. The Bertz CT molecular complexity index is 2300. The summed E-state index contributed by atoms with van der Waals surface area (Å²) in [5, 5.41) is 1.15. The molecule has 302 valence electrons. The number of aryl methyl sites for hydroxylation is 9. The monoisotopic (exact) mass is 824 g/mol. The zero-order valence-corrected chi connectivity index (χ0v) is 38.6. The van der Waals surface area contributed by atoms with Gasteiger partial charge in [-0.25, -0.2) is 0 Å². The van der Waals surface area contributed by atoms with Crippen molar-refractivity contribution in [2.45, 2.75) is 76.2 Å². The predicted molar refractivity (Wildman–Crippen MR) is 243 cm³/mol. The smallest absolute Gasteiger partial charge is 0.230 e. The zero-order chi connectivity index (χ0) is 43.0. The first kappa shape index (κ1) is 47.2. The van der Waals surface area contributed by atoms with Crippen LogP contribution in [0, 0.1) is 62.3 Å². The van der Waals surface area contributed by atoms with E-state index in [-0.39, 0.29) is 16.6 Å². The summed E-state index contributed by atoms with van der Waals surface area (Å²) in [6.07, 6.45) is 0.907. The van der Waals surface area contributed by atoms with Crippen molar-refractivity contribution in [3.05, 3.63) is 164 Å². The Balaban J connectivity index is 0.000000240. The van der Waals surface area contributed by atoms with Gasteiger partial charge in [0.15, 0.2) is 7.14 Å². The standard InChI is InChI=1S/C22H21O2P.C14H21O2P.C12H17O2P/c1-16-14-17(2)21(18(3)15-16)22(23)25(24,19-10-6-4-7-11-19)20-12-8-5-9-13-20;1-6-17(16,7-2)14(15)13-11(4)8-10(3)9-12(13)5;1-8-6-9(2)11(10(3)7-8)12(13)15(4,5)14/h4-15H,1-3H3;8-9H,6-7H2,1-5H3;6-7H,1-5H3. The molecule has 5 aromatic rings. The maximum atomic E-state index is 14.2. The van der Waals surface area contributed by atoms with E-state index in [1.807, 2.05) is 149 Å². The molecule has 0 atom stereocenters. The third-order valence-electron chi connectivity index (χ3n) is 10.1. The van der Waals surface area contributed by atoms with E-state index in [0.29, 0.717) is 39.6 Å². The number of benzene rings is 5. The van der Waals surface area contributed by atoms with Crippen LogP contribution in [-0.4, -0.2) is 42.2 Å². The average Bonchev–Trinajstić information content (AvgIpc) is 3.13. The fourth-order valence-electron chi connectivity index (χ4n) is 7.35. The van der Waals surface area contributed by atoms with Crippen LogP contribution in [0.25, 0.3) is 0 Å². The average molecular weight is 825 g/mol. The first-order valence-corrected chi connectivity index (χ1v) is 25.6. The van der Waals surface area contributed by atoms with Crippen molar-refractivity contribution in [2.75, 3.05) is 25.7 Å². The molecule has 0 fully saturated rings. The van der Waals surface area contributed by atoms with Crippen LogP contribution >= 0.6 is 21.4 Å². The van der Waals surface area contributed by atoms with Gasteiger partial charge in [-0.2, -0.15) is 0 Å². The molecule has 0 heterocycles. The normalized spacial score (nSPS) is 11.5. The second-order valence-electron chi connectivity index (χ2n) is 15.4. The largest absolute Gasteiger partial charge is 0.316 e. The number of hydrogen-bond acceptors (Lipinski definition) is 6. The molecule has 5 aromatic carbocycles. The first-order chi connectivity index (χ1) is 26.5. The van der Waals surface area contributed by atoms with Crippen LogP contribution in [0.2, 0.25) is 0 Å². The quantitative estimate of drug-likeness (QED) is 0.130. The molecule has 0 spiro atoms. The van der Waals surface area contributed by atoms with E-state index in [0.717, 1.165) is 50.1 Å². The van der Waals surface area contributed by atoms with Crippen molar-refractivity contribution < 1.29 is 28.1 Å². The van der Waals surface area contributed by atoms with Crippen molar-refractivity contribution in [3.63, 3.8) is 0 Å². The highest BCUT2D eigenvalue weighted by Crippen LogP contribution is 2.49. The molecule has 0 aliphatic carbocycles. The third kappa shape index (κ3) is 11.1. The number of carbonyl (C=O) groups excluding carboxylic acids is 3. The van der Waals surface area contributed by atoms with Crippen LogP contribution in [0.3, 0.4) is 0 Å². The summed E-state index contributed by atoms with van der Waals surface area (Å²) in [5.41, 5.74) is 10.0. The summed E-state index contributed by atoms with van der Waals surface area (Å²) >= 11 is 0. The predicted octanol–water partition coefficient (Wildman–Crippen LogP) is 12.3. The summed E-state index contributed by atoms with van der Waals surface area (Å²) in [4.78, 5) is 37.9. The lowest BCUT2D eigenvalue weighted by atomic mass is 10.0. The van der Waals surface area contributed by atoms with Gasteiger partial charge in [0.25, 0.3) is 0 Å². The third-order valence-corrected chi connectivity index (χ3v) is 17.1. The number of carbonyl (C=O) groups is 3. The molecule has 0 aromatic heterocycles. The Morgan fingerprint density at radius 1 is 0.421 bits per heavy atom. The second-order valence-corrected chi connectivity index (χ2v) is 24.6. The molecule has 5 rings (SSSR count). The minimum Gasteiger partial charge on any atom is -0.316 e. The summed E-state index contributed by atoms with van der Waals surface area (Å²) < 4.78 is 38.4. The van der Waals surface area contributed by atoms with E-state index in [4.69, 9.17) is 0 Å². The van der Waals surface area contributed by atoms with E-state index >= 15 is 0 Å². The van der Waals surface area contributed by atoms with Gasteiger partial charge < -0.3 is 13.7 Å². The highest BCUT2D eigenvalue weighted by Gasteiger charge is 2.38. The number of rotatable bonds is 10. The molecule has 0 bridgehead atoms. The summed E-state index contributed by atoms with van der Waals surface area (Å²) in [6.45, 7) is 24.2. The van der Waals surface area contributed by atoms with E-state index in [1.54, 1.807) is 24.3 Å². The van der Waals surface area contributed by atoms with Crippen molar-refractivity contribution in [1.82, 2.24) is 0 Å². The van der Waals surface area contributed by atoms with Crippen molar-refractivity contribution >= 4 is 48.6 Å². The van der Waals surface area contributed by atoms with E-state index in [2.05, 4.69) is 0 Å². The van der Waals surface area contributed by atoms with Crippen LogP contribution in [0.4, 0.5) is 0 Å². The van der Waals surface area contributed by atoms with Crippen molar-refractivity contribution in [1.29, 1.82) is 0 Å². The van der Waals surface area contributed by atoms with Gasteiger partial charge >= 0.3 is 0 Å². The molecular formula is C48H59O6P3. The first-order valence-electron chi connectivity index (χ1n) is 19.3. The topological polar surface area (TPSA) is 102 Å².